The minimum atomic E-state index is 0. The van der Waals surface area contributed by atoms with Gasteiger partial charge in [-0.2, -0.15) is 0 Å². The van der Waals surface area contributed by atoms with Gasteiger partial charge in [0.1, 0.15) is 0 Å². The Morgan fingerprint density at radius 3 is 2.73 bits per heavy atom. The number of halogens is 1. The van der Waals surface area contributed by atoms with Gasteiger partial charge in [0.05, 0.1) is 6.54 Å². The highest BCUT2D eigenvalue weighted by Gasteiger charge is 2.21. The number of Topliss-reactive ketones (excluding diaryl/α,β-unsaturated/α-hetero) is 1. The van der Waals surface area contributed by atoms with Crippen molar-refractivity contribution in [3.05, 3.63) is 35.4 Å². The second-order valence-electron chi connectivity index (χ2n) is 3.79. The lowest BCUT2D eigenvalue weighted by Gasteiger charge is -2.27. The van der Waals surface area contributed by atoms with Crippen LogP contribution in [0.2, 0.25) is 0 Å². The lowest BCUT2D eigenvalue weighted by atomic mass is 9.99. The van der Waals surface area contributed by atoms with Crippen LogP contribution in [0.25, 0.3) is 0 Å². The Labute approximate surface area is 96.7 Å². The van der Waals surface area contributed by atoms with Crippen LogP contribution in [-0.4, -0.2) is 23.8 Å². The minimum Gasteiger partial charge on any atom is -0.293 e. The maximum absolute atomic E-state index is 11.7. The number of benzene rings is 1. The van der Waals surface area contributed by atoms with E-state index in [0.717, 1.165) is 25.1 Å². The summed E-state index contributed by atoms with van der Waals surface area (Å²) in [6.45, 7) is 4.67. The lowest BCUT2D eigenvalue weighted by molar-refractivity contribution is 0.0901. The topological polar surface area (TPSA) is 20.3 Å². The summed E-state index contributed by atoms with van der Waals surface area (Å²) in [4.78, 5) is 13.9. The molecule has 0 unspecified atom stereocenters. The maximum Gasteiger partial charge on any atom is 0.177 e. The Balaban J connectivity index is 0.00000112. The van der Waals surface area contributed by atoms with Gasteiger partial charge in [-0.05, 0) is 18.5 Å². The first kappa shape index (κ1) is 12.2. The third kappa shape index (κ3) is 2.58. The smallest absolute Gasteiger partial charge is 0.177 e. The summed E-state index contributed by atoms with van der Waals surface area (Å²) in [6.07, 6.45) is 1.11. The van der Waals surface area contributed by atoms with Gasteiger partial charge in [-0.25, -0.2) is 0 Å². The highest BCUT2D eigenvalue weighted by atomic mass is 35.5. The van der Waals surface area contributed by atoms with E-state index in [2.05, 4.69) is 17.9 Å². The molecule has 0 aliphatic carbocycles. The zero-order chi connectivity index (χ0) is 9.97. The molecule has 0 atom stereocenters. The van der Waals surface area contributed by atoms with Gasteiger partial charge in [0.15, 0.2) is 5.78 Å². The zero-order valence-corrected chi connectivity index (χ0v) is 9.72. The predicted molar refractivity (Wildman–Crippen MR) is 63.6 cm³/mol. The first-order chi connectivity index (χ1) is 6.81. The Kier molecular flexibility index (Phi) is 4.30. The molecule has 1 aromatic carbocycles. The first-order valence-electron chi connectivity index (χ1n) is 5.14. The van der Waals surface area contributed by atoms with Crippen LogP contribution in [-0.2, 0) is 6.54 Å². The number of nitrogens with zero attached hydrogens (tertiary/aromatic N) is 1. The molecule has 0 saturated heterocycles. The van der Waals surface area contributed by atoms with E-state index in [9.17, 15) is 4.79 Å². The summed E-state index contributed by atoms with van der Waals surface area (Å²) in [5.74, 6) is 0.264. The van der Waals surface area contributed by atoms with E-state index in [-0.39, 0.29) is 18.2 Å². The average Bonchev–Trinajstić information content (AvgIpc) is 2.18. The van der Waals surface area contributed by atoms with Gasteiger partial charge in [0, 0.05) is 12.1 Å². The fraction of sp³-hybridized carbons (Fsp3) is 0.417. The Bertz CT molecular complexity index is 351. The molecule has 0 radical (unpaired) electrons. The molecular formula is C12H16ClNO. The molecule has 0 fully saturated rings. The van der Waals surface area contributed by atoms with Crippen LogP contribution in [0.1, 0.15) is 29.3 Å². The molecule has 1 aliphatic rings. The fourth-order valence-corrected chi connectivity index (χ4v) is 1.99. The van der Waals surface area contributed by atoms with Gasteiger partial charge >= 0.3 is 0 Å². The van der Waals surface area contributed by atoms with Gasteiger partial charge in [0.25, 0.3) is 0 Å². The minimum absolute atomic E-state index is 0. The van der Waals surface area contributed by atoms with Gasteiger partial charge in [-0.1, -0.05) is 31.2 Å². The summed E-state index contributed by atoms with van der Waals surface area (Å²) < 4.78 is 0. The van der Waals surface area contributed by atoms with Crippen molar-refractivity contribution in [2.45, 2.75) is 19.9 Å². The lowest BCUT2D eigenvalue weighted by Crippen LogP contribution is -2.35. The standard InChI is InChI=1S/C12H15NO.ClH/c1-2-7-13-8-10-5-3-4-6-11(10)12(14)9-13;/h3-6H,2,7-9H2,1H3;1H. The molecule has 1 aromatic rings. The van der Waals surface area contributed by atoms with Crippen LogP contribution in [0.15, 0.2) is 24.3 Å². The summed E-state index contributed by atoms with van der Waals surface area (Å²) in [5, 5.41) is 0. The monoisotopic (exact) mass is 225 g/mol. The number of rotatable bonds is 2. The summed E-state index contributed by atoms with van der Waals surface area (Å²) >= 11 is 0. The van der Waals surface area contributed by atoms with E-state index in [0.29, 0.717) is 6.54 Å². The molecule has 1 heterocycles. The van der Waals surface area contributed by atoms with Gasteiger partial charge < -0.3 is 0 Å². The van der Waals surface area contributed by atoms with Crippen molar-refractivity contribution < 1.29 is 4.79 Å². The quantitative estimate of drug-likeness (QED) is 0.771. The van der Waals surface area contributed by atoms with Crippen LogP contribution >= 0.6 is 12.4 Å². The van der Waals surface area contributed by atoms with Crippen LogP contribution in [0, 0.1) is 0 Å². The first-order valence-corrected chi connectivity index (χ1v) is 5.14. The summed E-state index contributed by atoms with van der Waals surface area (Å²) in [5.41, 5.74) is 2.09. The Morgan fingerprint density at radius 1 is 1.27 bits per heavy atom. The van der Waals surface area contributed by atoms with Crippen LogP contribution in [0.3, 0.4) is 0 Å². The molecule has 0 amide bonds. The summed E-state index contributed by atoms with van der Waals surface area (Å²) in [6, 6.07) is 7.92. The van der Waals surface area contributed by atoms with Crippen molar-refractivity contribution in [2.24, 2.45) is 0 Å². The molecule has 15 heavy (non-hydrogen) atoms. The molecule has 82 valence electrons. The van der Waals surface area contributed by atoms with E-state index in [1.165, 1.54) is 5.56 Å². The Morgan fingerprint density at radius 2 is 2.00 bits per heavy atom. The molecule has 0 aromatic heterocycles. The van der Waals surface area contributed by atoms with Crippen LogP contribution < -0.4 is 0 Å². The molecular weight excluding hydrogens is 210 g/mol. The second-order valence-corrected chi connectivity index (χ2v) is 3.79. The molecule has 1 aliphatic heterocycles. The van der Waals surface area contributed by atoms with Crippen LogP contribution in [0.4, 0.5) is 0 Å². The van der Waals surface area contributed by atoms with Crippen molar-refractivity contribution in [3.63, 3.8) is 0 Å². The van der Waals surface area contributed by atoms with Gasteiger partial charge in [-0.3, -0.25) is 9.69 Å². The number of ketones is 1. The SMILES string of the molecule is CCCN1CC(=O)c2ccccc2C1.Cl. The van der Waals surface area contributed by atoms with Gasteiger partial charge in [0.2, 0.25) is 0 Å². The van der Waals surface area contributed by atoms with E-state index >= 15 is 0 Å². The third-order valence-electron chi connectivity index (χ3n) is 2.62. The zero-order valence-electron chi connectivity index (χ0n) is 8.90. The highest BCUT2D eigenvalue weighted by Crippen LogP contribution is 2.18. The van der Waals surface area contributed by atoms with E-state index in [1.54, 1.807) is 0 Å². The van der Waals surface area contributed by atoms with Crippen LogP contribution in [0.5, 0.6) is 0 Å². The van der Waals surface area contributed by atoms with Crippen molar-refractivity contribution in [2.75, 3.05) is 13.1 Å². The van der Waals surface area contributed by atoms with Crippen molar-refractivity contribution in [1.29, 1.82) is 0 Å². The molecule has 0 spiro atoms. The van der Waals surface area contributed by atoms with Gasteiger partial charge in [-0.15, -0.1) is 12.4 Å². The third-order valence-corrected chi connectivity index (χ3v) is 2.62. The normalized spacial score (nSPS) is 15.7. The second kappa shape index (κ2) is 5.29. The Hall–Kier alpha value is -0.860. The number of hydrogen-bond acceptors (Lipinski definition) is 2. The van der Waals surface area contributed by atoms with E-state index in [4.69, 9.17) is 0 Å². The number of carbonyl (C=O) groups is 1. The number of hydrogen-bond donors (Lipinski definition) is 0. The molecule has 0 saturated carbocycles. The molecule has 3 heteroatoms. The molecule has 2 rings (SSSR count). The highest BCUT2D eigenvalue weighted by molar-refractivity contribution is 5.99. The number of carbonyl (C=O) groups excluding carboxylic acids is 1. The largest absolute Gasteiger partial charge is 0.293 e. The summed E-state index contributed by atoms with van der Waals surface area (Å²) in [7, 11) is 0. The number of fused-ring (bicyclic) bond motifs is 1. The average molecular weight is 226 g/mol. The fourth-order valence-electron chi connectivity index (χ4n) is 1.99. The van der Waals surface area contributed by atoms with E-state index < -0.39 is 0 Å². The van der Waals surface area contributed by atoms with Crippen molar-refractivity contribution in [3.8, 4) is 0 Å². The predicted octanol–water partition coefficient (Wildman–Crippen LogP) is 2.52. The van der Waals surface area contributed by atoms with Crippen molar-refractivity contribution >= 4 is 18.2 Å². The van der Waals surface area contributed by atoms with E-state index in [1.807, 2.05) is 18.2 Å². The molecule has 0 bridgehead atoms. The molecule has 2 nitrogen and oxygen atoms in total. The van der Waals surface area contributed by atoms with Crippen molar-refractivity contribution in [1.82, 2.24) is 4.90 Å². The molecule has 0 N–H and O–H groups in total. The maximum atomic E-state index is 11.7.